The first-order chi connectivity index (χ1) is 21.3. The number of hydrogen-bond acceptors (Lipinski definition) is 19. The van der Waals surface area contributed by atoms with Gasteiger partial charge in [-0.3, -0.25) is 37.8 Å². The smallest absolute Gasteiger partial charge is 0.280 e. The van der Waals surface area contributed by atoms with E-state index in [0.29, 0.717) is 0 Å². The molecule has 0 saturated carbocycles. The zero-order valence-corrected chi connectivity index (χ0v) is 24.2. The van der Waals surface area contributed by atoms with Crippen molar-refractivity contribution in [3.05, 3.63) is 33.4 Å². The number of aromatic nitrogens is 8. The van der Waals surface area contributed by atoms with E-state index in [9.17, 15) is 33.6 Å². The summed E-state index contributed by atoms with van der Waals surface area (Å²) in [5, 5.41) is 11.1. The van der Waals surface area contributed by atoms with Gasteiger partial charge in [0.2, 0.25) is 11.9 Å². The number of fused-ring (bicyclic) bond motifs is 4. The number of H-pyrrole nitrogens is 2. The van der Waals surface area contributed by atoms with Gasteiger partial charge in [-0.15, -0.1) is 0 Å². The lowest BCUT2D eigenvalue weighted by Gasteiger charge is -2.34. The molecule has 7 heterocycles. The van der Waals surface area contributed by atoms with Crippen LogP contribution < -0.4 is 32.4 Å². The Bertz CT molecular complexity index is 2010. The van der Waals surface area contributed by atoms with Gasteiger partial charge in [0.05, 0.1) is 32.0 Å². The number of aliphatic hydroxyl groups is 1. The molecule has 4 aromatic heterocycles. The predicted octanol–water partition coefficient (Wildman–Crippen LogP) is -3.28. The van der Waals surface area contributed by atoms with Crippen LogP contribution in [0.4, 0.5) is 11.9 Å². The summed E-state index contributed by atoms with van der Waals surface area (Å²) in [6, 6.07) is 0. The zero-order chi connectivity index (χ0) is 31.8. The second kappa shape index (κ2) is 10.7. The third-order valence-corrected chi connectivity index (χ3v) is 9.25. The maximum atomic E-state index is 12.9. The monoisotopic (exact) mass is 672 g/mol. The number of aliphatic hydroxyl groups excluding tert-OH is 1. The summed E-state index contributed by atoms with van der Waals surface area (Å²) in [5.41, 5.74) is 9.58. The SMILES string of the molecule is Nc1nc2c(ncn2[C@@H]2O[C@H]3COP(=O)([O-])OC4C[C@H](n5cnc6c(=O)[nH]c(N)nc65)O[C@H]4COP(=O)([O-])O[C@@H]3C2O)c(=O)[nH]1. The van der Waals surface area contributed by atoms with Crippen molar-refractivity contribution in [2.75, 3.05) is 24.7 Å². The fourth-order valence-electron chi connectivity index (χ4n) is 5.33. The Kier molecular flexibility index (Phi) is 7.18. The summed E-state index contributed by atoms with van der Waals surface area (Å²) in [4.78, 5) is 70.7. The number of nitrogens with one attached hydrogen (secondary N) is 2. The number of phosphoric ester groups is 2. The Morgan fingerprint density at radius 1 is 0.844 bits per heavy atom. The first-order valence-electron chi connectivity index (χ1n) is 13.0. The van der Waals surface area contributed by atoms with Crippen molar-refractivity contribution in [2.45, 2.75) is 49.4 Å². The highest BCUT2D eigenvalue weighted by atomic mass is 31.2. The summed E-state index contributed by atoms with van der Waals surface area (Å²) >= 11 is 0. The molecular formula is C20H22N10O13P2-2. The number of anilines is 2. The molecule has 23 nitrogen and oxygen atoms in total. The van der Waals surface area contributed by atoms with Gasteiger partial charge < -0.3 is 53.9 Å². The van der Waals surface area contributed by atoms with Crippen molar-refractivity contribution in [3.63, 3.8) is 0 Å². The molecule has 3 aliphatic rings. The molecule has 242 valence electrons. The van der Waals surface area contributed by atoms with Crippen molar-refractivity contribution in [1.82, 2.24) is 39.0 Å². The van der Waals surface area contributed by atoms with Gasteiger partial charge in [-0.25, -0.2) is 9.97 Å². The number of hydrogen-bond donors (Lipinski definition) is 5. The second-order valence-corrected chi connectivity index (χ2v) is 12.9. The van der Waals surface area contributed by atoms with E-state index < -0.39 is 83.0 Å². The van der Waals surface area contributed by atoms with E-state index in [0.717, 1.165) is 10.9 Å². The molecule has 45 heavy (non-hydrogen) atoms. The van der Waals surface area contributed by atoms with Gasteiger partial charge in [0.1, 0.15) is 30.6 Å². The van der Waals surface area contributed by atoms with E-state index in [1.807, 2.05) is 0 Å². The van der Waals surface area contributed by atoms with Crippen LogP contribution in [0.15, 0.2) is 22.2 Å². The van der Waals surface area contributed by atoms with Crippen LogP contribution in [0.3, 0.4) is 0 Å². The molecule has 3 saturated heterocycles. The van der Waals surface area contributed by atoms with E-state index in [4.69, 9.17) is 39.0 Å². The Labute approximate surface area is 248 Å². The number of imidazole rings is 2. The van der Waals surface area contributed by atoms with Crippen LogP contribution in [0.5, 0.6) is 0 Å². The zero-order valence-electron chi connectivity index (χ0n) is 22.4. The van der Waals surface area contributed by atoms with E-state index in [1.54, 1.807) is 0 Å². The average molecular weight is 672 g/mol. The normalized spacial score (nSPS) is 36.0. The Balaban J connectivity index is 1.16. The minimum Gasteiger partial charge on any atom is -0.756 e. The quantitative estimate of drug-likeness (QED) is 0.130. The molecule has 0 aromatic carbocycles. The molecule has 9 atom stereocenters. The van der Waals surface area contributed by atoms with Gasteiger partial charge in [-0.05, 0) is 0 Å². The molecule has 0 radical (unpaired) electrons. The molecule has 3 aliphatic heterocycles. The van der Waals surface area contributed by atoms with Crippen molar-refractivity contribution in [1.29, 1.82) is 0 Å². The second-order valence-electron chi connectivity index (χ2n) is 10.2. The standard InChI is InChI=1S/C20H24N10O13P2/c21-19-25-14-10(16(32)27-19)23-4-29(14)9-1-6-7(40-9)2-38-45(36,37)43-13-8(3-39-44(34,35)42-6)41-18(12(13)31)30-5-24-11-15(30)26-20(22)28-17(11)33/h4-9,12-13,18,31H,1-3H2,(H,34,35)(H,36,37)(H3,21,25,27,32)(H3,22,26,28,33)/p-2/t6?,7-,8-,9+,12?,13-,18+/m0/s1. The molecule has 4 unspecified atom stereocenters. The van der Waals surface area contributed by atoms with Gasteiger partial charge >= 0.3 is 0 Å². The van der Waals surface area contributed by atoms with E-state index >= 15 is 0 Å². The number of nitrogens with two attached hydrogens (primary N) is 2. The van der Waals surface area contributed by atoms with E-state index in [-0.39, 0.29) is 40.6 Å². The number of nitrogen functional groups attached to an aromatic ring is 2. The molecule has 0 aliphatic carbocycles. The number of nitrogens with zero attached hydrogens (tertiary/aromatic N) is 6. The van der Waals surface area contributed by atoms with Gasteiger partial charge in [-0.2, -0.15) is 9.97 Å². The third kappa shape index (κ3) is 5.47. The molecule has 4 aromatic rings. The highest BCUT2D eigenvalue weighted by molar-refractivity contribution is 7.46. The van der Waals surface area contributed by atoms with Crippen LogP contribution in [0.25, 0.3) is 22.3 Å². The molecule has 0 amide bonds. The lowest BCUT2D eigenvalue weighted by Crippen LogP contribution is -2.39. The van der Waals surface area contributed by atoms with Gasteiger partial charge in [0.15, 0.2) is 28.6 Å². The van der Waals surface area contributed by atoms with Gasteiger partial charge in [0, 0.05) is 6.42 Å². The maximum absolute atomic E-state index is 12.9. The summed E-state index contributed by atoms with van der Waals surface area (Å²) in [7, 11) is -10.4. The van der Waals surface area contributed by atoms with Crippen LogP contribution in [-0.4, -0.2) is 87.9 Å². The first kappa shape index (κ1) is 30.1. The average Bonchev–Trinajstić information content (AvgIpc) is 3.71. The number of phosphoric acid groups is 2. The van der Waals surface area contributed by atoms with Gasteiger partial charge in [0.25, 0.3) is 26.8 Å². The van der Waals surface area contributed by atoms with Crippen LogP contribution in [-0.2, 0) is 36.7 Å². The minimum absolute atomic E-state index is 0.0144. The highest BCUT2D eigenvalue weighted by Crippen LogP contribution is 2.50. The maximum Gasteiger partial charge on any atom is 0.280 e. The molecule has 7 rings (SSSR count). The van der Waals surface area contributed by atoms with Crippen LogP contribution in [0, 0.1) is 0 Å². The lowest BCUT2D eigenvalue weighted by atomic mass is 10.1. The topological polar surface area (TPSA) is 335 Å². The van der Waals surface area contributed by atoms with E-state index in [1.165, 1.54) is 10.9 Å². The molecular weight excluding hydrogens is 650 g/mol. The van der Waals surface area contributed by atoms with Crippen LogP contribution in [0.1, 0.15) is 18.9 Å². The lowest BCUT2D eigenvalue weighted by molar-refractivity contribution is -0.243. The molecule has 0 bridgehead atoms. The molecule has 7 N–H and O–H groups in total. The summed E-state index contributed by atoms with van der Waals surface area (Å²) in [5.74, 6) is -0.493. The number of ether oxygens (including phenoxy) is 2. The van der Waals surface area contributed by atoms with Gasteiger partial charge in [-0.1, -0.05) is 0 Å². The van der Waals surface area contributed by atoms with Crippen molar-refractivity contribution in [3.8, 4) is 0 Å². The fourth-order valence-corrected chi connectivity index (χ4v) is 7.23. The van der Waals surface area contributed by atoms with Crippen molar-refractivity contribution < 1.29 is 51.6 Å². The summed E-state index contributed by atoms with van der Waals surface area (Å²) < 4.78 is 60.3. The highest BCUT2D eigenvalue weighted by Gasteiger charge is 2.49. The Hall–Kier alpha value is -3.60. The number of rotatable bonds is 2. The summed E-state index contributed by atoms with van der Waals surface area (Å²) in [6.45, 7) is -1.66. The van der Waals surface area contributed by atoms with Crippen molar-refractivity contribution >= 4 is 49.9 Å². The van der Waals surface area contributed by atoms with Crippen LogP contribution in [0.2, 0.25) is 0 Å². The summed E-state index contributed by atoms with van der Waals surface area (Å²) in [6.07, 6.45) is -8.24. The molecule has 25 heteroatoms. The number of aromatic amines is 2. The largest absolute Gasteiger partial charge is 0.756 e. The third-order valence-electron chi connectivity index (χ3n) is 7.28. The predicted molar refractivity (Wildman–Crippen MR) is 140 cm³/mol. The van der Waals surface area contributed by atoms with Crippen molar-refractivity contribution in [2.24, 2.45) is 0 Å². The molecule has 3 fully saturated rings. The Morgan fingerprint density at radius 2 is 1.40 bits per heavy atom. The Morgan fingerprint density at radius 3 is 2.04 bits per heavy atom. The minimum atomic E-state index is -5.26. The molecule has 0 spiro atoms. The fraction of sp³-hybridized carbons (Fsp3) is 0.500. The van der Waals surface area contributed by atoms with Crippen LogP contribution >= 0.6 is 15.6 Å². The van der Waals surface area contributed by atoms with E-state index in [2.05, 4.69) is 29.9 Å². The first-order valence-corrected chi connectivity index (χ1v) is 15.9.